The Hall–Kier alpha value is -2.66. The fourth-order valence-electron chi connectivity index (χ4n) is 5.83. The Balaban J connectivity index is 1.22. The summed E-state index contributed by atoms with van der Waals surface area (Å²) in [6, 6.07) is 18.6. The van der Waals surface area contributed by atoms with E-state index in [0.717, 1.165) is 38.3 Å². The van der Waals surface area contributed by atoms with Gasteiger partial charge in [0.2, 0.25) is 11.8 Å². The summed E-state index contributed by atoms with van der Waals surface area (Å²) < 4.78 is 0. The van der Waals surface area contributed by atoms with Crippen LogP contribution < -0.4 is 0 Å². The molecule has 3 atom stereocenters. The Morgan fingerprint density at radius 2 is 1.53 bits per heavy atom. The van der Waals surface area contributed by atoms with Gasteiger partial charge in [-0.05, 0) is 42.7 Å². The van der Waals surface area contributed by atoms with Crippen LogP contribution in [-0.4, -0.2) is 58.7 Å². The van der Waals surface area contributed by atoms with Crippen molar-refractivity contribution >= 4 is 11.8 Å². The molecule has 2 unspecified atom stereocenters. The van der Waals surface area contributed by atoms with E-state index in [9.17, 15) is 9.59 Å². The fraction of sp³-hybridized carbons (Fsp3) is 0.481. The van der Waals surface area contributed by atoms with Gasteiger partial charge in [-0.3, -0.25) is 14.5 Å². The van der Waals surface area contributed by atoms with Crippen molar-refractivity contribution in [1.29, 1.82) is 0 Å². The molecular formula is C27H33N3O2. The lowest BCUT2D eigenvalue weighted by atomic mass is 9.84. The van der Waals surface area contributed by atoms with Crippen molar-refractivity contribution in [3.8, 4) is 0 Å². The van der Waals surface area contributed by atoms with Gasteiger partial charge in [-0.2, -0.15) is 0 Å². The van der Waals surface area contributed by atoms with Crippen LogP contribution in [-0.2, 0) is 22.7 Å². The third kappa shape index (κ3) is 4.58. The largest absolute Gasteiger partial charge is 0.340 e. The summed E-state index contributed by atoms with van der Waals surface area (Å²) in [5.41, 5.74) is 3.66. The molecule has 5 rings (SSSR count). The van der Waals surface area contributed by atoms with E-state index < -0.39 is 0 Å². The first-order valence-corrected chi connectivity index (χ1v) is 12.0. The minimum absolute atomic E-state index is 0.107. The van der Waals surface area contributed by atoms with Gasteiger partial charge in [0.25, 0.3) is 0 Å². The second-order valence-electron chi connectivity index (χ2n) is 9.95. The van der Waals surface area contributed by atoms with Gasteiger partial charge >= 0.3 is 0 Å². The molecule has 0 spiro atoms. The average Bonchev–Trinajstić information content (AvgIpc) is 3.15. The lowest BCUT2D eigenvalue weighted by Gasteiger charge is -2.46. The molecular weight excluding hydrogens is 398 g/mol. The van der Waals surface area contributed by atoms with Crippen LogP contribution in [0.3, 0.4) is 0 Å². The molecule has 2 bridgehead atoms. The predicted molar refractivity (Wildman–Crippen MR) is 125 cm³/mol. The Morgan fingerprint density at radius 1 is 0.875 bits per heavy atom. The Bertz CT molecular complexity index is 945. The SMILES string of the molecule is Cc1ccc(CN2C(=O)CC[C@H]2C(=O)N2CC3CC(CN(Cc4ccccc4)C3)C2)cc1. The van der Waals surface area contributed by atoms with E-state index in [1.54, 1.807) is 0 Å². The first-order chi connectivity index (χ1) is 15.5. The molecule has 3 heterocycles. The summed E-state index contributed by atoms with van der Waals surface area (Å²) >= 11 is 0. The minimum Gasteiger partial charge on any atom is -0.340 e. The van der Waals surface area contributed by atoms with Gasteiger partial charge in [0.15, 0.2) is 0 Å². The molecule has 3 fully saturated rings. The minimum atomic E-state index is -0.303. The first kappa shape index (κ1) is 21.2. The topological polar surface area (TPSA) is 43.9 Å². The number of benzene rings is 2. The average molecular weight is 432 g/mol. The van der Waals surface area contributed by atoms with E-state index in [4.69, 9.17) is 0 Å². The highest BCUT2D eigenvalue weighted by molar-refractivity contribution is 5.91. The second-order valence-corrected chi connectivity index (χ2v) is 9.95. The molecule has 5 nitrogen and oxygen atoms in total. The molecule has 5 heteroatoms. The number of carbonyl (C=O) groups is 2. The molecule has 0 radical (unpaired) electrons. The summed E-state index contributed by atoms with van der Waals surface area (Å²) in [4.78, 5) is 32.6. The number of hydrogen-bond acceptors (Lipinski definition) is 3. The Morgan fingerprint density at radius 3 is 2.22 bits per heavy atom. The van der Waals surface area contributed by atoms with Crippen molar-refractivity contribution in [2.75, 3.05) is 26.2 Å². The summed E-state index contributed by atoms with van der Waals surface area (Å²) in [6.45, 7) is 7.32. The predicted octanol–water partition coefficient (Wildman–Crippen LogP) is 3.47. The summed E-state index contributed by atoms with van der Waals surface area (Å²) in [5.74, 6) is 1.32. The molecule has 0 N–H and O–H groups in total. The van der Waals surface area contributed by atoms with Gasteiger partial charge in [-0.25, -0.2) is 0 Å². The second kappa shape index (κ2) is 9.07. The van der Waals surface area contributed by atoms with Gasteiger partial charge in [-0.1, -0.05) is 60.2 Å². The summed E-state index contributed by atoms with van der Waals surface area (Å²) in [5, 5.41) is 0. The summed E-state index contributed by atoms with van der Waals surface area (Å²) in [6.07, 6.45) is 2.34. The molecule has 0 aromatic heterocycles. The third-order valence-electron chi connectivity index (χ3n) is 7.30. The molecule has 168 valence electrons. The molecule has 0 saturated carbocycles. The standard InChI is InChI=1S/C27H33N3O2/c1-20-7-9-22(10-8-20)19-30-25(11-12-26(30)31)27(32)29-17-23-13-24(18-29)16-28(15-23)14-21-5-3-2-4-6-21/h2-10,23-25H,11-19H2,1H3/t23?,24?,25-/m0/s1. The monoisotopic (exact) mass is 431 g/mol. The van der Waals surface area contributed by atoms with E-state index in [0.29, 0.717) is 31.2 Å². The van der Waals surface area contributed by atoms with Gasteiger partial charge in [0, 0.05) is 45.7 Å². The van der Waals surface area contributed by atoms with Crippen molar-refractivity contribution in [3.05, 3.63) is 71.3 Å². The van der Waals surface area contributed by atoms with E-state index in [1.165, 1.54) is 17.5 Å². The molecule has 2 amide bonds. The normalized spacial score (nSPS) is 25.9. The number of nitrogens with zero attached hydrogens (tertiary/aromatic N) is 3. The molecule has 3 aliphatic rings. The smallest absolute Gasteiger partial charge is 0.245 e. The van der Waals surface area contributed by atoms with Crippen LogP contribution in [0, 0.1) is 18.8 Å². The van der Waals surface area contributed by atoms with Gasteiger partial charge < -0.3 is 9.80 Å². The lowest BCUT2D eigenvalue weighted by molar-refractivity contribution is -0.145. The highest BCUT2D eigenvalue weighted by atomic mass is 16.2. The van der Waals surface area contributed by atoms with Crippen LogP contribution in [0.15, 0.2) is 54.6 Å². The number of carbonyl (C=O) groups excluding carboxylic acids is 2. The Labute approximate surface area is 191 Å². The van der Waals surface area contributed by atoms with Crippen molar-refractivity contribution in [2.45, 2.75) is 45.3 Å². The van der Waals surface area contributed by atoms with Crippen LogP contribution in [0.2, 0.25) is 0 Å². The number of amides is 2. The van der Waals surface area contributed by atoms with Crippen LogP contribution >= 0.6 is 0 Å². The van der Waals surface area contributed by atoms with Gasteiger partial charge in [0.05, 0.1) is 0 Å². The fourth-order valence-corrected chi connectivity index (χ4v) is 5.83. The number of fused-ring (bicyclic) bond motifs is 2. The molecule has 3 aliphatic heterocycles. The Kier molecular flexibility index (Phi) is 6.01. The quantitative estimate of drug-likeness (QED) is 0.728. The number of likely N-dealkylation sites (tertiary alicyclic amines) is 3. The van der Waals surface area contributed by atoms with Crippen LogP contribution in [0.4, 0.5) is 0 Å². The zero-order valence-electron chi connectivity index (χ0n) is 19.0. The van der Waals surface area contributed by atoms with Crippen molar-refractivity contribution in [1.82, 2.24) is 14.7 Å². The number of rotatable bonds is 5. The lowest BCUT2D eigenvalue weighted by Crippen LogP contribution is -2.57. The number of piperidine rings is 2. The van der Waals surface area contributed by atoms with Crippen LogP contribution in [0.5, 0.6) is 0 Å². The van der Waals surface area contributed by atoms with Crippen molar-refractivity contribution in [2.24, 2.45) is 11.8 Å². The summed E-state index contributed by atoms with van der Waals surface area (Å²) in [7, 11) is 0. The zero-order valence-corrected chi connectivity index (χ0v) is 19.0. The maximum Gasteiger partial charge on any atom is 0.245 e. The van der Waals surface area contributed by atoms with Crippen molar-refractivity contribution in [3.63, 3.8) is 0 Å². The zero-order chi connectivity index (χ0) is 22.1. The van der Waals surface area contributed by atoms with E-state index >= 15 is 0 Å². The van der Waals surface area contributed by atoms with Gasteiger partial charge in [0.1, 0.15) is 6.04 Å². The van der Waals surface area contributed by atoms with Crippen molar-refractivity contribution < 1.29 is 9.59 Å². The molecule has 3 saturated heterocycles. The third-order valence-corrected chi connectivity index (χ3v) is 7.30. The molecule has 2 aromatic rings. The van der Waals surface area contributed by atoms with E-state index in [1.807, 2.05) is 4.90 Å². The highest BCUT2D eigenvalue weighted by Gasteiger charge is 2.42. The van der Waals surface area contributed by atoms with Crippen LogP contribution in [0.25, 0.3) is 0 Å². The number of hydrogen-bond donors (Lipinski definition) is 0. The molecule has 32 heavy (non-hydrogen) atoms. The number of aryl methyl sites for hydroxylation is 1. The van der Waals surface area contributed by atoms with Gasteiger partial charge in [-0.15, -0.1) is 0 Å². The highest BCUT2D eigenvalue weighted by Crippen LogP contribution is 2.32. The van der Waals surface area contributed by atoms with Crippen LogP contribution in [0.1, 0.15) is 36.0 Å². The van der Waals surface area contributed by atoms with E-state index in [-0.39, 0.29) is 17.9 Å². The maximum absolute atomic E-state index is 13.5. The van der Waals surface area contributed by atoms with E-state index in [2.05, 4.69) is 71.3 Å². The first-order valence-electron chi connectivity index (χ1n) is 12.0. The maximum atomic E-state index is 13.5. The molecule has 2 aromatic carbocycles. The molecule has 0 aliphatic carbocycles.